The number of sulfonamides is 1. The topological polar surface area (TPSA) is 141 Å². The molecule has 8 nitrogen and oxygen atoms in total. The molecule has 17 heavy (non-hydrogen) atoms. The van der Waals surface area contributed by atoms with Crippen LogP contribution in [0.2, 0.25) is 0 Å². The first-order valence-electron chi connectivity index (χ1n) is 3.86. The summed E-state index contributed by atoms with van der Waals surface area (Å²) in [6.07, 6.45) is 0. The molecule has 94 valence electrons. The number of nitrogens with zero attached hydrogens (tertiary/aromatic N) is 1. The molecule has 1 aromatic heterocycles. The van der Waals surface area contributed by atoms with Crippen molar-refractivity contribution >= 4 is 45.6 Å². The number of hydrogen-bond donors (Lipinski definition) is 3. The van der Waals surface area contributed by atoms with Crippen molar-refractivity contribution in [1.29, 1.82) is 0 Å². The first-order chi connectivity index (χ1) is 7.64. The molecule has 0 saturated carbocycles. The number of nitrogens with two attached hydrogens (primary N) is 1. The van der Waals surface area contributed by atoms with Crippen LogP contribution in [0.1, 0.15) is 10.1 Å². The monoisotopic (exact) mass is 298 g/mol. The fourth-order valence-electron chi connectivity index (χ4n) is 0.964. The predicted octanol–water partition coefficient (Wildman–Crippen LogP) is 0.359. The van der Waals surface area contributed by atoms with Gasteiger partial charge in [-0.1, -0.05) is 0 Å². The van der Waals surface area contributed by atoms with Gasteiger partial charge in [-0.05, 0) is 0 Å². The first kappa shape index (κ1) is 13.9. The van der Waals surface area contributed by atoms with Gasteiger partial charge in [0, 0.05) is 6.07 Å². The van der Waals surface area contributed by atoms with Crippen LogP contribution in [0.4, 0.5) is 5.69 Å². The van der Waals surface area contributed by atoms with Gasteiger partial charge in [-0.3, -0.25) is 14.9 Å². The summed E-state index contributed by atoms with van der Waals surface area (Å²) in [6.45, 7) is 0. The average Bonchev–Trinajstić information content (AvgIpc) is 2.59. The number of rotatable bonds is 4. The fraction of sp³-hybridized carbons (Fsp3) is 0.167. The van der Waals surface area contributed by atoms with Crippen molar-refractivity contribution in [3.63, 3.8) is 0 Å². The predicted molar refractivity (Wildman–Crippen MR) is 61.7 cm³/mol. The zero-order valence-corrected chi connectivity index (χ0v) is 10.5. The van der Waals surface area contributed by atoms with Gasteiger partial charge in [0.15, 0.2) is 0 Å². The molecule has 11 heteroatoms. The molecule has 0 aliphatic rings. The highest BCUT2D eigenvalue weighted by molar-refractivity contribution is 7.91. The highest BCUT2D eigenvalue weighted by Gasteiger charge is 2.30. The lowest BCUT2D eigenvalue weighted by molar-refractivity contribution is -0.385. The Balaban J connectivity index is 3.44. The Morgan fingerprint density at radius 3 is 2.53 bits per heavy atom. The van der Waals surface area contributed by atoms with E-state index in [1.54, 1.807) is 0 Å². The Labute approximate surface area is 105 Å². The Bertz CT molecular complexity index is 577. The van der Waals surface area contributed by atoms with E-state index in [9.17, 15) is 23.3 Å². The number of hydrogen-bond acceptors (Lipinski definition) is 7. The third-order valence-electron chi connectivity index (χ3n) is 1.68. The number of thiophene rings is 1. The average molecular weight is 298 g/mol. The van der Waals surface area contributed by atoms with Crippen LogP contribution in [0.5, 0.6) is 0 Å². The second kappa shape index (κ2) is 4.60. The SMILES string of the molecule is NS(=O)(=O)c1cc([N+](=O)[O-])c(C(S)C(=O)O)s1. The number of nitro groups is 1. The molecule has 0 aliphatic heterocycles. The molecule has 1 heterocycles. The number of thiol groups is 1. The third-order valence-corrected chi connectivity index (χ3v) is 4.94. The lowest BCUT2D eigenvalue weighted by Crippen LogP contribution is -2.10. The summed E-state index contributed by atoms with van der Waals surface area (Å²) in [5.74, 6) is -1.42. The summed E-state index contributed by atoms with van der Waals surface area (Å²) in [5.41, 5.74) is -0.624. The summed E-state index contributed by atoms with van der Waals surface area (Å²) in [5, 5.41) is 22.6. The van der Waals surface area contributed by atoms with Crippen LogP contribution in [0.25, 0.3) is 0 Å². The maximum atomic E-state index is 11.0. The van der Waals surface area contributed by atoms with Crippen LogP contribution < -0.4 is 5.14 Å². The highest BCUT2D eigenvalue weighted by Crippen LogP contribution is 2.38. The zero-order valence-electron chi connectivity index (χ0n) is 7.93. The Morgan fingerprint density at radius 2 is 2.18 bits per heavy atom. The molecule has 1 rings (SSSR count). The molecule has 1 unspecified atom stereocenters. The maximum Gasteiger partial charge on any atom is 0.322 e. The van der Waals surface area contributed by atoms with Crippen LogP contribution >= 0.6 is 24.0 Å². The second-order valence-corrected chi connectivity index (χ2v) is 6.25. The summed E-state index contributed by atoms with van der Waals surface area (Å²) in [6, 6.07) is 0.724. The van der Waals surface area contributed by atoms with E-state index in [1.165, 1.54) is 0 Å². The van der Waals surface area contributed by atoms with Gasteiger partial charge in [-0.15, -0.1) is 11.3 Å². The standard InChI is InChI=1S/C6H6N2O6S3/c7-17(13,14)3-1-2(8(11)12)5(16-3)4(15)6(9)10/h1,4,15H,(H,9,10)(H2,7,13,14). The molecule has 0 aromatic carbocycles. The second-order valence-electron chi connectivity index (χ2n) is 2.86. The van der Waals surface area contributed by atoms with E-state index in [1.807, 2.05) is 0 Å². The number of carboxylic acid groups (broad SMARTS) is 1. The molecule has 0 saturated heterocycles. The fourth-order valence-corrected chi connectivity index (χ4v) is 3.10. The molecular formula is C6H6N2O6S3. The number of carbonyl (C=O) groups is 1. The van der Waals surface area contributed by atoms with Crippen LogP contribution in [0.3, 0.4) is 0 Å². The van der Waals surface area contributed by atoms with E-state index in [0.29, 0.717) is 11.3 Å². The first-order valence-corrected chi connectivity index (χ1v) is 6.74. The molecule has 0 amide bonds. The van der Waals surface area contributed by atoms with Crippen molar-refractivity contribution in [2.75, 3.05) is 0 Å². The van der Waals surface area contributed by atoms with Crippen molar-refractivity contribution in [1.82, 2.24) is 0 Å². The molecule has 0 fully saturated rings. The van der Waals surface area contributed by atoms with E-state index in [0.717, 1.165) is 6.07 Å². The van der Waals surface area contributed by atoms with E-state index < -0.39 is 36.1 Å². The molecule has 0 bridgehead atoms. The zero-order chi connectivity index (χ0) is 13.4. The van der Waals surface area contributed by atoms with Gasteiger partial charge in [-0.25, -0.2) is 13.6 Å². The van der Waals surface area contributed by atoms with Crippen molar-refractivity contribution in [3.05, 3.63) is 21.1 Å². The molecule has 1 atom stereocenters. The van der Waals surface area contributed by atoms with Gasteiger partial charge in [0.25, 0.3) is 5.69 Å². The van der Waals surface area contributed by atoms with Crippen LogP contribution in [-0.4, -0.2) is 24.4 Å². The molecule has 0 spiro atoms. The van der Waals surface area contributed by atoms with Crippen molar-refractivity contribution in [2.45, 2.75) is 9.46 Å². The maximum absolute atomic E-state index is 11.0. The van der Waals surface area contributed by atoms with Gasteiger partial charge in [0.1, 0.15) is 14.3 Å². The van der Waals surface area contributed by atoms with Gasteiger partial charge in [-0.2, -0.15) is 12.6 Å². The third kappa shape index (κ3) is 2.94. The van der Waals surface area contributed by atoms with Crippen molar-refractivity contribution in [2.24, 2.45) is 5.14 Å². The molecule has 0 aliphatic carbocycles. The molecular weight excluding hydrogens is 292 g/mol. The Hall–Kier alpha value is -1.17. The highest BCUT2D eigenvalue weighted by atomic mass is 32.2. The van der Waals surface area contributed by atoms with E-state index in [-0.39, 0.29) is 4.88 Å². The minimum Gasteiger partial charge on any atom is -0.480 e. The van der Waals surface area contributed by atoms with Crippen LogP contribution in [0.15, 0.2) is 10.3 Å². The summed E-state index contributed by atoms with van der Waals surface area (Å²) in [7, 11) is -4.11. The minimum atomic E-state index is -4.11. The van der Waals surface area contributed by atoms with Crippen molar-refractivity contribution < 1.29 is 23.2 Å². The molecule has 1 aromatic rings. The van der Waals surface area contributed by atoms with Crippen molar-refractivity contribution in [3.8, 4) is 0 Å². The minimum absolute atomic E-state index is 0.283. The smallest absolute Gasteiger partial charge is 0.322 e. The summed E-state index contributed by atoms with van der Waals surface area (Å²) in [4.78, 5) is 20.1. The summed E-state index contributed by atoms with van der Waals surface area (Å²) < 4.78 is 21.5. The quantitative estimate of drug-likeness (QED) is 0.416. The summed E-state index contributed by atoms with van der Waals surface area (Å²) >= 11 is 4.08. The van der Waals surface area contributed by atoms with E-state index in [4.69, 9.17) is 10.2 Å². The number of aliphatic carboxylic acids is 1. The Morgan fingerprint density at radius 1 is 1.65 bits per heavy atom. The normalized spacial score (nSPS) is 13.3. The van der Waals surface area contributed by atoms with Gasteiger partial charge in [0.05, 0.1) is 4.92 Å². The van der Waals surface area contributed by atoms with Crippen LogP contribution in [-0.2, 0) is 14.8 Å². The Kier molecular flexibility index (Phi) is 3.76. The van der Waals surface area contributed by atoms with Crippen LogP contribution in [0, 0.1) is 10.1 Å². The van der Waals surface area contributed by atoms with Gasteiger partial charge >= 0.3 is 5.97 Å². The number of primary sulfonamides is 1. The lowest BCUT2D eigenvalue weighted by atomic mass is 10.3. The lowest BCUT2D eigenvalue weighted by Gasteiger charge is -2.00. The molecule has 3 N–H and O–H groups in total. The van der Waals surface area contributed by atoms with E-state index in [2.05, 4.69) is 12.6 Å². The van der Waals surface area contributed by atoms with E-state index >= 15 is 0 Å². The molecule has 0 radical (unpaired) electrons. The van der Waals surface area contributed by atoms with Gasteiger partial charge < -0.3 is 5.11 Å². The van der Waals surface area contributed by atoms with Gasteiger partial charge in [0.2, 0.25) is 10.0 Å². The number of carboxylic acids is 1. The largest absolute Gasteiger partial charge is 0.480 e.